The highest BCUT2D eigenvalue weighted by atomic mass is 16.5. The van der Waals surface area contributed by atoms with E-state index in [1.165, 1.54) is 6.21 Å². The Morgan fingerprint density at radius 3 is 2.59 bits per heavy atom. The topological polar surface area (TPSA) is 92.2 Å². The number of nitrogens with one attached hydrogen (secondary N) is 2. The molecule has 2 unspecified atom stereocenters. The summed E-state index contributed by atoms with van der Waals surface area (Å²) in [7, 11) is 0. The number of ether oxygens (including phenoxy) is 1. The summed E-state index contributed by atoms with van der Waals surface area (Å²) in [6.07, 6.45) is 1.87. The number of hydrogen-bond acceptors (Lipinski definition) is 5. The van der Waals surface area contributed by atoms with Crippen molar-refractivity contribution < 1.29 is 14.3 Å². The van der Waals surface area contributed by atoms with E-state index in [0.29, 0.717) is 13.0 Å². The number of hydrazone groups is 2. The van der Waals surface area contributed by atoms with Crippen LogP contribution in [0.3, 0.4) is 0 Å². The number of carbonyl (C=O) groups excluding carboxylic acids is 2. The maximum absolute atomic E-state index is 12.0. The van der Waals surface area contributed by atoms with Crippen molar-refractivity contribution in [1.82, 2.24) is 10.9 Å². The molecule has 114 valence electrons. The van der Waals surface area contributed by atoms with E-state index in [0.717, 1.165) is 17.0 Å². The van der Waals surface area contributed by atoms with Gasteiger partial charge in [-0.15, -0.1) is 0 Å². The van der Waals surface area contributed by atoms with E-state index < -0.39 is 11.8 Å². The van der Waals surface area contributed by atoms with Crippen molar-refractivity contribution in [2.45, 2.75) is 13.3 Å². The van der Waals surface area contributed by atoms with Crippen LogP contribution in [0.4, 0.5) is 0 Å². The Hall–Kier alpha value is -2.70. The summed E-state index contributed by atoms with van der Waals surface area (Å²) < 4.78 is 5.40. The predicted octanol–water partition coefficient (Wildman–Crippen LogP) is 0.657. The van der Waals surface area contributed by atoms with Crippen molar-refractivity contribution in [2.75, 3.05) is 6.61 Å². The molecule has 22 heavy (non-hydrogen) atoms. The SMILES string of the molecule is CCOc1ccc(C2=NNC(=O)C(C3C=NNC3=O)C2)cc1. The van der Waals surface area contributed by atoms with Gasteiger partial charge in [-0.25, -0.2) is 10.9 Å². The van der Waals surface area contributed by atoms with E-state index in [1.54, 1.807) is 0 Å². The lowest BCUT2D eigenvalue weighted by Gasteiger charge is -2.23. The number of carbonyl (C=O) groups is 2. The molecule has 0 bridgehead atoms. The summed E-state index contributed by atoms with van der Waals surface area (Å²) in [5.41, 5.74) is 6.48. The molecule has 1 aromatic rings. The Morgan fingerprint density at radius 2 is 1.95 bits per heavy atom. The highest BCUT2D eigenvalue weighted by Gasteiger charge is 2.38. The van der Waals surface area contributed by atoms with Crippen molar-refractivity contribution in [2.24, 2.45) is 22.0 Å². The van der Waals surface area contributed by atoms with Crippen molar-refractivity contribution >= 4 is 23.7 Å². The smallest absolute Gasteiger partial charge is 0.249 e. The third-order valence-corrected chi connectivity index (χ3v) is 3.70. The van der Waals surface area contributed by atoms with E-state index in [9.17, 15) is 9.59 Å². The van der Waals surface area contributed by atoms with E-state index in [4.69, 9.17) is 4.74 Å². The Morgan fingerprint density at radius 1 is 1.18 bits per heavy atom. The Kier molecular flexibility index (Phi) is 3.86. The van der Waals surface area contributed by atoms with Gasteiger partial charge < -0.3 is 4.74 Å². The first-order chi connectivity index (χ1) is 10.7. The second-order valence-electron chi connectivity index (χ2n) is 5.08. The molecule has 1 aromatic carbocycles. The maximum atomic E-state index is 12.0. The summed E-state index contributed by atoms with van der Waals surface area (Å²) in [5, 5.41) is 7.83. The van der Waals surface area contributed by atoms with Crippen LogP contribution in [-0.4, -0.2) is 30.3 Å². The first-order valence-corrected chi connectivity index (χ1v) is 7.11. The van der Waals surface area contributed by atoms with Crippen molar-refractivity contribution in [1.29, 1.82) is 0 Å². The average molecular weight is 300 g/mol. The van der Waals surface area contributed by atoms with Crippen LogP contribution in [0.1, 0.15) is 18.9 Å². The number of nitrogens with zero attached hydrogens (tertiary/aromatic N) is 2. The molecule has 0 aromatic heterocycles. The first kappa shape index (κ1) is 14.2. The molecule has 7 nitrogen and oxygen atoms in total. The van der Waals surface area contributed by atoms with Crippen LogP contribution in [0.5, 0.6) is 5.75 Å². The molecule has 2 amide bonds. The Bertz CT molecular complexity index is 651. The van der Waals surface area contributed by atoms with Gasteiger partial charge >= 0.3 is 0 Å². The standard InChI is InChI=1S/C15H16N4O3/c1-2-22-10-5-3-9(4-6-10)13-7-11(14(20)19-17-13)12-8-16-18-15(12)21/h3-6,8,11-12H,2,7H2,1H3,(H,18,21)(H,19,20). The molecule has 0 saturated carbocycles. The molecule has 0 aliphatic carbocycles. The van der Waals surface area contributed by atoms with Crippen LogP contribution in [0.25, 0.3) is 0 Å². The molecule has 3 rings (SSSR count). The zero-order chi connectivity index (χ0) is 15.5. The van der Waals surface area contributed by atoms with Gasteiger partial charge in [0.05, 0.1) is 24.2 Å². The highest BCUT2D eigenvalue weighted by Crippen LogP contribution is 2.24. The van der Waals surface area contributed by atoms with E-state index in [2.05, 4.69) is 21.1 Å². The lowest BCUT2D eigenvalue weighted by molar-refractivity contribution is -0.131. The van der Waals surface area contributed by atoms with Gasteiger partial charge in [-0.3, -0.25) is 9.59 Å². The van der Waals surface area contributed by atoms with Crippen LogP contribution in [0, 0.1) is 11.8 Å². The van der Waals surface area contributed by atoms with Gasteiger partial charge in [0.15, 0.2) is 0 Å². The van der Waals surface area contributed by atoms with Gasteiger partial charge in [0, 0.05) is 12.6 Å². The maximum Gasteiger partial charge on any atom is 0.249 e. The van der Waals surface area contributed by atoms with Crippen LogP contribution in [0.15, 0.2) is 34.5 Å². The minimum absolute atomic E-state index is 0.256. The Labute approximate surface area is 127 Å². The second-order valence-corrected chi connectivity index (χ2v) is 5.08. The number of amides is 2. The van der Waals surface area contributed by atoms with Crippen LogP contribution in [-0.2, 0) is 9.59 Å². The molecule has 0 spiro atoms. The van der Waals surface area contributed by atoms with Gasteiger partial charge in [0.25, 0.3) is 0 Å². The molecule has 2 N–H and O–H groups in total. The molecule has 2 atom stereocenters. The molecule has 2 heterocycles. The largest absolute Gasteiger partial charge is 0.494 e. The van der Waals surface area contributed by atoms with Crippen LogP contribution in [0.2, 0.25) is 0 Å². The van der Waals surface area contributed by atoms with Gasteiger partial charge in [-0.1, -0.05) is 0 Å². The molecule has 7 heteroatoms. The monoisotopic (exact) mass is 300 g/mol. The lowest BCUT2D eigenvalue weighted by Crippen LogP contribution is -2.42. The molecule has 2 aliphatic rings. The summed E-state index contributed by atoms with van der Waals surface area (Å²) in [4.78, 5) is 23.7. The molecule has 0 fully saturated rings. The van der Waals surface area contributed by atoms with Crippen molar-refractivity contribution in [3.8, 4) is 5.75 Å². The van der Waals surface area contributed by atoms with E-state index in [1.807, 2.05) is 31.2 Å². The summed E-state index contributed by atoms with van der Waals surface area (Å²) in [5.74, 6) is -0.777. The minimum Gasteiger partial charge on any atom is -0.494 e. The van der Waals surface area contributed by atoms with E-state index >= 15 is 0 Å². The second kappa shape index (κ2) is 5.97. The minimum atomic E-state index is -0.548. The number of hydrogen-bond donors (Lipinski definition) is 2. The van der Waals surface area contributed by atoms with Gasteiger partial charge in [-0.05, 0) is 36.8 Å². The lowest BCUT2D eigenvalue weighted by atomic mass is 9.85. The fourth-order valence-corrected chi connectivity index (χ4v) is 2.54. The fraction of sp³-hybridized carbons (Fsp3) is 0.333. The zero-order valence-corrected chi connectivity index (χ0v) is 12.1. The highest BCUT2D eigenvalue weighted by molar-refractivity contribution is 6.08. The summed E-state index contributed by atoms with van der Waals surface area (Å²) >= 11 is 0. The molecular weight excluding hydrogens is 284 g/mol. The van der Waals surface area contributed by atoms with Gasteiger partial charge in [0.1, 0.15) is 5.75 Å². The summed E-state index contributed by atoms with van der Waals surface area (Å²) in [6, 6.07) is 7.50. The van der Waals surface area contributed by atoms with Gasteiger partial charge in [-0.2, -0.15) is 10.2 Å². The van der Waals surface area contributed by atoms with E-state index in [-0.39, 0.29) is 11.8 Å². The molecule has 0 saturated heterocycles. The summed E-state index contributed by atoms with van der Waals surface area (Å²) in [6.45, 7) is 2.53. The normalized spacial score (nSPS) is 23.8. The quantitative estimate of drug-likeness (QED) is 0.855. The van der Waals surface area contributed by atoms with Crippen LogP contribution < -0.4 is 15.6 Å². The third kappa shape index (κ3) is 2.69. The number of benzene rings is 1. The molecular formula is C15H16N4O3. The molecule has 0 radical (unpaired) electrons. The third-order valence-electron chi connectivity index (χ3n) is 3.70. The number of rotatable bonds is 4. The van der Waals surface area contributed by atoms with Crippen LogP contribution >= 0.6 is 0 Å². The van der Waals surface area contributed by atoms with Crippen molar-refractivity contribution in [3.05, 3.63) is 29.8 Å². The predicted molar refractivity (Wildman–Crippen MR) is 80.5 cm³/mol. The fourth-order valence-electron chi connectivity index (χ4n) is 2.54. The first-order valence-electron chi connectivity index (χ1n) is 7.11. The molecule has 2 aliphatic heterocycles. The Balaban J connectivity index is 1.78. The van der Waals surface area contributed by atoms with Gasteiger partial charge in [0.2, 0.25) is 11.8 Å². The van der Waals surface area contributed by atoms with Crippen molar-refractivity contribution in [3.63, 3.8) is 0 Å². The average Bonchev–Trinajstić information content (AvgIpc) is 2.95. The zero-order valence-electron chi connectivity index (χ0n) is 12.1.